The van der Waals surface area contributed by atoms with E-state index in [-0.39, 0.29) is 17.6 Å². The van der Waals surface area contributed by atoms with Gasteiger partial charge in [0.1, 0.15) is 5.82 Å². The van der Waals surface area contributed by atoms with Crippen molar-refractivity contribution in [2.24, 2.45) is 0 Å². The lowest BCUT2D eigenvalue weighted by Crippen LogP contribution is -2.48. The van der Waals surface area contributed by atoms with E-state index in [0.29, 0.717) is 18.8 Å². The van der Waals surface area contributed by atoms with Crippen LogP contribution in [0.15, 0.2) is 12.4 Å². The molecule has 2 N–H and O–H groups in total. The third-order valence-electron chi connectivity index (χ3n) is 3.44. The topological polar surface area (TPSA) is 95.4 Å². The number of carboxylic acids is 1. The van der Waals surface area contributed by atoms with Crippen molar-refractivity contribution in [1.29, 1.82) is 0 Å². The average molecular weight is 292 g/mol. The number of piperidine rings is 1. The molecule has 0 bridgehead atoms. The summed E-state index contributed by atoms with van der Waals surface area (Å²) in [6, 6.07) is 0.110. The Balaban J connectivity index is 1.97. The average Bonchev–Trinajstić information content (AvgIpc) is 2.48. The minimum absolute atomic E-state index is 0.0661. The van der Waals surface area contributed by atoms with Crippen molar-refractivity contribution >= 4 is 17.7 Å². The quantitative estimate of drug-likeness (QED) is 0.842. The lowest BCUT2D eigenvalue weighted by atomic mass is 10.1. The first-order valence-corrected chi connectivity index (χ1v) is 7.19. The molecular weight excluding hydrogens is 272 g/mol. The van der Waals surface area contributed by atoms with Crippen molar-refractivity contribution in [3.8, 4) is 0 Å². The van der Waals surface area contributed by atoms with Crippen LogP contribution in [0.5, 0.6) is 0 Å². The summed E-state index contributed by atoms with van der Waals surface area (Å²) >= 11 is 0. The molecule has 1 fully saturated rings. The van der Waals surface area contributed by atoms with Crippen molar-refractivity contribution in [3.05, 3.63) is 18.1 Å². The highest BCUT2D eigenvalue weighted by atomic mass is 16.4. The third-order valence-corrected chi connectivity index (χ3v) is 3.44. The number of rotatable bonds is 5. The fourth-order valence-electron chi connectivity index (χ4n) is 2.42. The van der Waals surface area contributed by atoms with E-state index in [9.17, 15) is 9.59 Å². The van der Waals surface area contributed by atoms with Crippen molar-refractivity contribution in [3.63, 3.8) is 0 Å². The van der Waals surface area contributed by atoms with Gasteiger partial charge in [-0.1, -0.05) is 6.92 Å². The van der Waals surface area contributed by atoms with E-state index in [2.05, 4.69) is 15.3 Å². The summed E-state index contributed by atoms with van der Waals surface area (Å²) in [6.45, 7) is 3.49. The monoisotopic (exact) mass is 292 g/mol. The Kier molecular flexibility index (Phi) is 5.08. The Hall–Kier alpha value is -2.18. The van der Waals surface area contributed by atoms with Crippen molar-refractivity contribution in [2.45, 2.75) is 38.6 Å². The Bertz CT molecular complexity index is 503. The molecule has 0 spiro atoms. The van der Waals surface area contributed by atoms with Crippen molar-refractivity contribution in [1.82, 2.24) is 15.3 Å². The maximum Gasteiger partial charge on any atom is 0.356 e. The molecule has 1 saturated heterocycles. The Morgan fingerprint density at radius 1 is 1.43 bits per heavy atom. The van der Waals surface area contributed by atoms with Gasteiger partial charge in [-0.05, 0) is 19.3 Å². The molecule has 1 unspecified atom stereocenters. The zero-order chi connectivity index (χ0) is 15.2. The van der Waals surface area contributed by atoms with Gasteiger partial charge in [-0.2, -0.15) is 0 Å². The van der Waals surface area contributed by atoms with Crippen LogP contribution in [0.4, 0.5) is 5.82 Å². The summed E-state index contributed by atoms with van der Waals surface area (Å²) in [5, 5.41) is 11.8. The lowest BCUT2D eigenvalue weighted by molar-refractivity contribution is -0.121. The molecule has 1 atom stereocenters. The van der Waals surface area contributed by atoms with Crippen LogP contribution >= 0.6 is 0 Å². The van der Waals surface area contributed by atoms with Gasteiger partial charge >= 0.3 is 5.97 Å². The number of hydrogen-bond acceptors (Lipinski definition) is 5. The number of carboxylic acid groups (broad SMARTS) is 1. The largest absolute Gasteiger partial charge is 0.476 e. The molecule has 21 heavy (non-hydrogen) atoms. The molecule has 1 aliphatic heterocycles. The highest BCUT2D eigenvalue weighted by Gasteiger charge is 2.22. The summed E-state index contributed by atoms with van der Waals surface area (Å²) in [7, 11) is 0. The van der Waals surface area contributed by atoms with E-state index in [4.69, 9.17) is 5.11 Å². The molecule has 0 aliphatic carbocycles. The van der Waals surface area contributed by atoms with Crippen LogP contribution in [0.1, 0.15) is 43.1 Å². The standard InChI is InChI=1S/C14H20N4O3/c1-2-4-13(19)17-10-5-3-6-18(9-10)12-8-15-11(7-16-12)14(20)21/h7-8,10H,2-6,9H2,1H3,(H,17,19)(H,20,21). The molecular formula is C14H20N4O3. The van der Waals surface area contributed by atoms with Crippen LogP contribution in [-0.4, -0.2) is 46.1 Å². The highest BCUT2D eigenvalue weighted by molar-refractivity contribution is 5.84. The summed E-state index contributed by atoms with van der Waals surface area (Å²) in [5.41, 5.74) is -0.0661. The predicted octanol–water partition coefficient (Wildman–Crippen LogP) is 1.06. The second kappa shape index (κ2) is 7.01. The molecule has 114 valence electrons. The van der Waals surface area contributed by atoms with Gasteiger partial charge in [0.2, 0.25) is 5.91 Å². The second-order valence-corrected chi connectivity index (χ2v) is 5.17. The van der Waals surface area contributed by atoms with Crippen LogP contribution in [0.3, 0.4) is 0 Å². The number of amides is 1. The second-order valence-electron chi connectivity index (χ2n) is 5.17. The Morgan fingerprint density at radius 2 is 2.24 bits per heavy atom. The number of carbonyl (C=O) groups is 2. The zero-order valence-corrected chi connectivity index (χ0v) is 12.1. The minimum atomic E-state index is -1.09. The van der Waals surface area contributed by atoms with Gasteiger partial charge in [0, 0.05) is 25.6 Å². The molecule has 7 heteroatoms. The smallest absolute Gasteiger partial charge is 0.356 e. The van der Waals surface area contributed by atoms with Gasteiger partial charge in [-0.25, -0.2) is 14.8 Å². The van der Waals surface area contributed by atoms with Crippen molar-refractivity contribution in [2.75, 3.05) is 18.0 Å². The summed E-state index contributed by atoms with van der Waals surface area (Å²) in [4.78, 5) is 32.5. The van der Waals surface area contributed by atoms with E-state index in [0.717, 1.165) is 25.8 Å². The molecule has 0 saturated carbocycles. The number of anilines is 1. The summed E-state index contributed by atoms with van der Waals surface area (Å²) in [5.74, 6) is -0.358. The van der Waals surface area contributed by atoms with Crippen LogP contribution in [0.25, 0.3) is 0 Å². The first kappa shape index (κ1) is 15.2. The SMILES string of the molecule is CCCC(=O)NC1CCCN(c2cnc(C(=O)O)cn2)C1. The fourth-order valence-corrected chi connectivity index (χ4v) is 2.42. The van der Waals surface area contributed by atoms with Gasteiger partial charge in [0.15, 0.2) is 5.69 Å². The molecule has 7 nitrogen and oxygen atoms in total. The van der Waals surface area contributed by atoms with E-state index in [1.807, 2.05) is 11.8 Å². The van der Waals surface area contributed by atoms with Crippen LogP contribution in [-0.2, 0) is 4.79 Å². The minimum Gasteiger partial charge on any atom is -0.476 e. The highest BCUT2D eigenvalue weighted by Crippen LogP contribution is 2.17. The molecule has 1 aromatic rings. The summed E-state index contributed by atoms with van der Waals surface area (Å²) < 4.78 is 0. The van der Waals surface area contributed by atoms with Crippen LogP contribution in [0, 0.1) is 0 Å². The lowest BCUT2D eigenvalue weighted by Gasteiger charge is -2.33. The molecule has 0 aromatic carbocycles. The number of aromatic nitrogens is 2. The molecule has 2 rings (SSSR count). The Labute approximate surface area is 123 Å². The molecule has 1 aliphatic rings. The number of nitrogens with one attached hydrogen (secondary N) is 1. The number of hydrogen-bond donors (Lipinski definition) is 2. The maximum atomic E-state index is 11.7. The molecule has 1 amide bonds. The fraction of sp³-hybridized carbons (Fsp3) is 0.571. The van der Waals surface area contributed by atoms with Gasteiger partial charge < -0.3 is 15.3 Å². The van der Waals surface area contributed by atoms with Gasteiger partial charge in [-0.15, -0.1) is 0 Å². The normalized spacial score (nSPS) is 18.3. The van der Waals surface area contributed by atoms with E-state index in [1.165, 1.54) is 12.4 Å². The third kappa shape index (κ3) is 4.14. The van der Waals surface area contributed by atoms with E-state index < -0.39 is 5.97 Å². The van der Waals surface area contributed by atoms with Crippen molar-refractivity contribution < 1.29 is 14.7 Å². The maximum absolute atomic E-state index is 11.7. The number of aromatic carboxylic acids is 1. The van der Waals surface area contributed by atoms with Gasteiger partial charge in [0.25, 0.3) is 0 Å². The van der Waals surface area contributed by atoms with Crippen LogP contribution < -0.4 is 10.2 Å². The predicted molar refractivity (Wildman–Crippen MR) is 77.3 cm³/mol. The summed E-state index contributed by atoms with van der Waals surface area (Å²) in [6.07, 6.45) is 6.02. The van der Waals surface area contributed by atoms with Gasteiger partial charge in [0.05, 0.1) is 12.4 Å². The molecule has 1 aromatic heterocycles. The number of carbonyl (C=O) groups excluding carboxylic acids is 1. The van der Waals surface area contributed by atoms with Gasteiger partial charge in [-0.3, -0.25) is 4.79 Å². The zero-order valence-electron chi connectivity index (χ0n) is 12.1. The molecule has 0 radical (unpaired) electrons. The number of nitrogens with zero attached hydrogens (tertiary/aromatic N) is 3. The Morgan fingerprint density at radius 3 is 2.86 bits per heavy atom. The van der Waals surface area contributed by atoms with Crippen LogP contribution in [0.2, 0.25) is 0 Å². The van der Waals surface area contributed by atoms with E-state index >= 15 is 0 Å². The first-order chi connectivity index (χ1) is 10.1. The van der Waals surface area contributed by atoms with E-state index in [1.54, 1.807) is 0 Å². The first-order valence-electron chi connectivity index (χ1n) is 7.19. The molecule has 2 heterocycles.